The molecule has 1 atom stereocenters. The van der Waals surface area contributed by atoms with E-state index in [0.29, 0.717) is 5.89 Å². The van der Waals surface area contributed by atoms with Crippen molar-refractivity contribution in [3.8, 4) is 0 Å². The number of hydrogen-bond acceptors (Lipinski definition) is 5. The molecule has 0 aliphatic rings. The van der Waals surface area contributed by atoms with Crippen molar-refractivity contribution in [3.05, 3.63) is 40.4 Å². The average molecular weight is 301 g/mol. The van der Waals surface area contributed by atoms with E-state index < -0.39 is 0 Å². The Hall–Kier alpha value is -2.57. The van der Waals surface area contributed by atoms with Crippen LogP contribution in [0.5, 0.6) is 0 Å². The summed E-state index contributed by atoms with van der Waals surface area (Å²) in [6, 6.07) is 5.52. The summed E-state index contributed by atoms with van der Waals surface area (Å²) in [4.78, 5) is 21.1. The maximum atomic E-state index is 11.3. The molecule has 0 fully saturated rings. The number of anilines is 1. The Bertz CT molecular complexity index is 817. The van der Waals surface area contributed by atoms with Gasteiger partial charge in [-0.25, -0.2) is 4.79 Å². The molecule has 2 aromatic heterocycles. The number of aromatic nitrogens is 4. The van der Waals surface area contributed by atoms with Gasteiger partial charge in [0, 0.05) is 12.1 Å². The van der Waals surface area contributed by atoms with Crippen molar-refractivity contribution in [2.75, 3.05) is 5.32 Å². The number of imidazole rings is 1. The smallest absolute Gasteiger partial charge is 0.323 e. The Morgan fingerprint density at radius 2 is 2.14 bits per heavy atom. The van der Waals surface area contributed by atoms with Gasteiger partial charge >= 0.3 is 5.69 Å². The summed E-state index contributed by atoms with van der Waals surface area (Å²) in [5.41, 5.74) is 2.21. The summed E-state index contributed by atoms with van der Waals surface area (Å²) < 4.78 is 5.30. The molecule has 0 spiro atoms. The van der Waals surface area contributed by atoms with Crippen LogP contribution in [0.2, 0.25) is 0 Å². The lowest BCUT2D eigenvalue weighted by Gasteiger charge is -2.10. The molecule has 3 N–H and O–H groups in total. The molecule has 7 nitrogen and oxygen atoms in total. The number of unbranched alkanes of at least 4 members (excludes halogenated alkanes) is 1. The second-order valence-electron chi connectivity index (χ2n) is 5.36. The van der Waals surface area contributed by atoms with Crippen molar-refractivity contribution in [3.63, 3.8) is 0 Å². The lowest BCUT2D eigenvalue weighted by atomic mass is 10.2. The van der Waals surface area contributed by atoms with Gasteiger partial charge in [-0.15, -0.1) is 0 Å². The molecule has 3 rings (SSSR count). The molecule has 1 aromatic carbocycles. The highest BCUT2D eigenvalue weighted by Gasteiger charge is 2.14. The Kier molecular flexibility index (Phi) is 3.95. The predicted molar refractivity (Wildman–Crippen MR) is 83.9 cm³/mol. The van der Waals surface area contributed by atoms with E-state index in [1.165, 1.54) is 0 Å². The molecule has 0 radical (unpaired) electrons. The van der Waals surface area contributed by atoms with E-state index in [1.807, 2.05) is 25.1 Å². The summed E-state index contributed by atoms with van der Waals surface area (Å²) in [7, 11) is 0. The molecule has 22 heavy (non-hydrogen) atoms. The standard InChI is InChI=1S/C15H19N5O2/c1-3-4-5-13-19-14(22-20-13)9(2)16-10-6-7-11-12(8-10)18-15(21)17-11/h6-9,16H,3-5H2,1-2H3,(H2,17,18,21)/t9-/m0/s1. The Morgan fingerprint density at radius 1 is 1.32 bits per heavy atom. The third kappa shape index (κ3) is 3.03. The zero-order valence-electron chi connectivity index (χ0n) is 12.6. The molecule has 0 aliphatic carbocycles. The number of rotatable bonds is 6. The van der Waals surface area contributed by atoms with Crippen molar-refractivity contribution < 1.29 is 4.52 Å². The van der Waals surface area contributed by atoms with Crippen LogP contribution in [0, 0.1) is 0 Å². The van der Waals surface area contributed by atoms with Gasteiger partial charge in [0.2, 0.25) is 5.89 Å². The summed E-state index contributed by atoms with van der Waals surface area (Å²) in [5, 5.41) is 7.29. The fourth-order valence-electron chi connectivity index (χ4n) is 2.31. The molecular formula is C15H19N5O2. The van der Waals surface area contributed by atoms with E-state index in [-0.39, 0.29) is 11.7 Å². The van der Waals surface area contributed by atoms with Crippen molar-refractivity contribution in [2.45, 2.75) is 39.2 Å². The first-order chi connectivity index (χ1) is 10.7. The highest BCUT2D eigenvalue weighted by atomic mass is 16.5. The third-order valence-electron chi connectivity index (χ3n) is 3.51. The molecule has 116 valence electrons. The fourth-order valence-corrected chi connectivity index (χ4v) is 2.31. The molecular weight excluding hydrogens is 282 g/mol. The number of H-pyrrole nitrogens is 2. The maximum absolute atomic E-state index is 11.3. The quantitative estimate of drug-likeness (QED) is 0.650. The summed E-state index contributed by atoms with van der Waals surface area (Å²) in [5.74, 6) is 1.31. The predicted octanol–water partition coefficient (Wildman–Crippen LogP) is 2.75. The number of nitrogens with one attached hydrogen (secondary N) is 3. The zero-order chi connectivity index (χ0) is 15.5. The zero-order valence-corrected chi connectivity index (χ0v) is 12.6. The van der Waals surface area contributed by atoms with Crippen LogP contribution in [0.15, 0.2) is 27.5 Å². The van der Waals surface area contributed by atoms with Crippen LogP contribution in [0.1, 0.15) is 44.4 Å². The van der Waals surface area contributed by atoms with Crippen LogP contribution in [0.4, 0.5) is 5.69 Å². The largest absolute Gasteiger partial charge is 0.374 e. The Morgan fingerprint density at radius 3 is 2.95 bits per heavy atom. The fraction of sp³-hybridized carbons (Fsp3) is 0.400. The van der Waals surface area contributed by atoms with Crippen LogP contribution in [-0.4, -0.2) is 20.1 Å². The van der Waals surface area contributed by atoms with Crippen LogP contribution >= 0.6 is 0 Å². The van der Waals surface area contributed by atoms with Gasteiger partial charge in [-0.2, -0.15) is 4.98 Å². The number of fused-ring (bicyclic) bond motifs is 1. The third-order valence-corrected chi connectivity index (χ3v) is 3.51. The van der Waals surface area contributed by atoms with Gasteiger partial charge in [0.1, 0.15) is 6.04 Å². The lowest BCUT2D eigenvalue weighted by molar-refractivity contribution is 0.362. The average Bonchev–Trinajstić information content (AvgIpc) is 3.10. The van der Waals surface area contributed by atoms with Crippen LogP contribution < -0.4 is 11.0 Å². The highest BCUT2D eigenvalue weighted by molar-refractivity contribution is 5.78. The second kappa shape index (κ2) is 6.05. The van der Waals surface area contributed by atoms with Crippen molar-refractivity contribution in [2.24, 2.45) is 0 Å². The molecule has 0 amide bonds. The first kappa shape index (κ1) is 14.4. The van der Waals surface area contributed by atoms with Gasteiger partial charge < -0.3 is 19.8 Å². The van der Waals surface area contributed by atoms with Crippen molar-refractivity contribution in [1.82, 2.24) is 20.1 Å². The number of aromatic amines is 2. The van der Waals surface area contributed by atoms with Gasteiger partial charge in [-0.1, -0.05) is 18.5 Å². The molecule has 2 heterocycles. The Balaban J connectivity index is 1.72. The van der Waals surface area contributed by atoms with Crippen molar-refractivity contribution >= 4 is 16.7 Å². The monoisotopic (exact) mass is 301 g/mol. The number of nitrogens with zero attached hydrogens (tertiary/aromatic N) is 2. The molecule has 0 unspecified atom stereocenters. The maximum Gasteiger partial charge on any atom is 0.323 e. The summed E-state index contributed by atoms with van der Waals surface area (Å²) >= 11 is 0. The lowest BCUT2D eigenvalue weighted by Crippen LogP contribution is -2.07. The van der Waals surface area contributed by atoms with Gasteiger partial charge in [-0.05, 0) is 31.5 Å². The van der Waals surface area contributed by atoms with Gasteiger partial charge in [0.25, 0.3) is 0 Å². The SMILES string of the molecule is CCCCc1noc([C@H](C)Nc2ccc3[nH]c(=O)[nH]c3c2)n1. The molecule has 0 bridgehead atoms. The number of benzene rings is 1. The van der Waals surface area contributed by atoms with Crippen LogP contribution in [0.25, 0.3) is 11.0 Å². The molecule has 0 aliphatic heterocycles. The van der Waals surface area contributed by atoms with Gasteiger partial charge in [0.15, 0.2) is 5.82 Å². The highest BCUT2D eigenvalue weighted by Crippen LogP contribution is 2.20. The minimum Gasteiger partial charge on any atom is -0.374 e. The Labute approximate surface area is 127 Å². The van der Waals surface area contributed by atoms with E-state index in [0.717, 1.165) is 41.8 Å². The summed E-state index contributed by atoms with van der Waals surface area (Å²) in [6.07, 6.45) is 2.99. The minimum atomic E-state index is -0.210. The van der Waals surface area contributed by atoms with E-state index in [9.17, 15) is 4.79 Å². The first-order valence-electron chi connectivity index (χ1n) is 7.47. The topological polar surface area (TPSA) is 99.6 Å². The molecule has 3 aromatic rings. The van der Waals surface area contributed by atoms with Gasteiger partial charge in [0.05, 0.1) is 11.0 Å². The second-order valence-corrected chi connectivity index (χ2v) is 5.36. The molecule has 0 saturated heterocycles. The van der Waals surface area contributed by atoms with Crippen molar-refractivity contribution in [1.29, 1.82) is 0 Å². The first-order valence-corrected chi connectivity index (χ1v) is 7.47. The molecule has 0 saturated carbocycles. The van der Waals surface area contributed by atoms with Crippen LogP contribution in [-0.2, 0) is 6.42 Å². The number of hydrogen-bond donors (Lipinski definition) is 3. The summed E-state index contributed by atoms with van der Waals surface area (Å²) in [6.45, 7) is 4.09. The van der Waals surface area contributed by atoms with E-state index in [1.54, 1.807) is 0 Å². The van der Waals surface area contributed by atoms with Crippen LogP contribution in [0.3, 0.4) is 0 Å². The van der Waals surface area contributed by atoms with E-state index >= 15 is 0 Å². The normalized spacial score (nSPS) is 12.6. The molecule has 7 heteroatoms. The minimum absolute atomic E-state index is 0.106. The number of aryl methyl sites for hydroxylation is 1. The van der Waals surface area contributed by atoms with E-state index in [4.69, 9.17) is 4.52 Å². The van der Waals surface area contributed by atoms with Gasteiger partial charge in [-0.3, -0.25) is 0 Å². The van der Waals surface area contributed by atoms with E-state index in [2.05, 4.69) is 32.3 Å².